The van der Waals surface area contributed by atoms with Gasteiger partial charge in [-0.25, -0.2) is 0 Å². The molecule has 82 valence electrons. The van der Waals surface area contributed by atoms with E-state index in [-0.39, 0.29) is 0 Å². The molecule has 2 rings (SSSR count). The van der Waals surface area contributed by atoms with Gasteiger partial charge in [0.1, 0.15) is 0 Å². The average molecular weight is 204 g/mol. The molecule has 15 heavy (non-hydrogen) atoms. The number of rotatable bonds is 3. The second kappa shape index (κ2) is 5.29. The van der Waals surface area contributed by atoms with Crippen LogP contribution in [-0.4, -0.2) is 31.1 Å². The summed E-state index contributed by atoms with van der Waals surface area (Å²) in [6.45, 7) is 3.40. The summed E-state index contributed by atoms with van der Waals surface area (Å²) in [6.07, 6.45) is 2.64. The van der Waals surface area contributed by atoms with Crippen molar-refractivity contribution in [1.82, 2.24) is 10.2 Å². The van der Waals surface area contributed by atoms with Gasteiger partial charge in [0.05, 0.1) is 0 Å². The van der Waals surface area contributed by atoms with E-state index in [4.69, 9.17) is 0 Å². The lowest BCUT2D eigenvalue weighted by atomic mass is 10.1. The molecule has 1 heterocycles. The Kier molecular flexibility index (Phi) is 3.75. The van der Waals surface area contributed by atoms with Crippen LogP contribution in [0.4, 0.5) is 0 Å². The second-order valence-corrected chi connectivity index (χ2v) is 4.40. The summed E-state index contributed by atoms with van der Waals surface area (Å²) in [6, 6.07) is 11.4. The monoisotopic (exact) mass is 204 g/mol. The zero-order chi connectivity index (χ0) is 10.5. The van der Waals surface area contributed by atoms with Gasteiger partial charge in [0.15, 0.2) is 0 Å². The van der Waals surface area contributed by atoms with Crippen LogP contribution in [0.3, 0.4) is 0 Å². The molecule has 1 atom stereocenters. The predicted octanol–water partition coefficient (Wildman–Crippen LogP) is 1.87. The highest BCUT2D eigenvalue weighted by Gasteiger charge is 2.17. The van der Waals surface area contributed by atoms with Gasteiger partial charge in [0.2, 0.25) is 0 Å². The van der Waals surface area contributed by atoms with Crippen molar-refractivity contribution in [2.75, 3.05) is 20.1 Å². The van der Waals surface area contributed by atoms with Crippen molar-refractivity contribution in [3.05, 3.63) is 35.9 Å². The summed E-state index contributed by atoms with van der Waals surface area (Å²) in [7, 11) is 2.23. The van der Waals surface area contributed by atoms with Gasteiger partial charge in [-0.1, -0.05) is 30.3 Å². The van der Waals surface area contributed by atoms with Crippen LogP contribution in [-0.2, 0) is 6.54 Å². The van der Waals surface area contributed by atoms with Crippen molar-refractivity contribution in [1.29, 1.82) is 0 Å². The molecule has 1 saturated heterocycles. The molecule has 0 amide bonds. The average Bonchev–Trinajstić information content (AvgIpc) is 2.31. The Balaban J connectivity index is 1.88. The summed E-state index contributed by atoms with van der Waals surface area (Å²) in [4.78, 5) is 2.46. The van der Waals surface area contributed by atoms with Crippen LogP contribution >= 0.6 is 0 Å². The van der Waals surface area contributed by atoms with Gasteiger partial charge >= 0.3 is 0 Å². The number of hydrogen-bond acceptors (Lipinski definition) is 2. The lowest BCUT2D eigenvalue weighted by molar-refractivity contribution is 0.196. The first-order valence-electron chi connectivity index (χ1n) is 5.81. The van der Waals surface area contributed by atoms with E-state index < -0.39 is 0 Å². The highest BCUT2D eigenvalue weighted by molar-refractivity contribution is 5.14. The van der Waals surface area contributed by atoms with Crippen molar-refractivity contribution in [3.63, 3.8) is 0 Å². The quantitative estimate of drug-likeness (QED) is 0.808. The Morgan fingerprint density at radius 1 is 1.33 bits per heavy atom. The highest BCUT2D eigenvalue weighted by Crippen LogP contribution is 2.11. The van der Waals surface area contributed by atoms with Crippen molar-refractivity contribution < 1.29 is 0 Å². The Morgan fingerprint density at radius 2 is 2.13 bits per heavy atom. The molecule has 2 heteroatoms. The fraction of sp³-hybridized carbons (Fsp3) is 0.538. The molecule has 0 radical (unpaired) electrons. The normalized spacial score (nSPS) is 21.9. The van der Waals surface area contributed by atoms with Crippen molar-refractivity contribution in [2.24, 2.45) is 0 Å². The predicted molar refractivity (Wildman–Crippen MR) is 63.8 cm³/mol. The SMILES string of the molecule is CN(Cc1ccccc1)[C@@H]1CCCNC1. The summed E-state index contributed by atoms with van der Waals surface area (Å²) < 4.78 is 0. The van der Waals surface area contributed by atoms with Gasteiger partial charge in [-0.05, 0) is 32.0 Å². The second-order valence-electron chi connectivity index (χ2n) is 4.40. The van der Waals surface area contributed by atoms with Crippen LogP contribution < -0.4 is 5.32 Å². The van der Waals surface area contributed by atoms with E-state index in [1.54, 1.807) is 0 Å². The Bertz CT molecular complexity index is 278. The number of likely N-dealkylation sites (N-methyl/N-ethyl adjacent to an activating group) is 1. The summed E-state index contributed by atoms with van der Waals surface area (Å²) in [5.74, 6) is 0. The number of piperidine rings is 1. The molecule has 1 N–H and O–H groups in total. The van der Waals surface area contributed by atoms with E-state index >= 15 is 0 Å². The molecule has 2 nitrogen and oxygen atoms in total. The molecule has 1 aliphatic heterocycles. The van der Waals surface area contributed by atoms with Crippen LogP contribution in [0, 0.1) is 0 Å². The van der Waals surface area contributed by atoms with E-state index in [0.717, 1.165) is 13.1 Å². The molecular formula is C13H20N2. The third kappa shape index (κ3) is 3.05. The molecule has 0 unspecified atom stereocenters. The van der Waals surface area contributed by atoms with Crippen molar-refractivity contribution in [2.45, 2.75) is 25.4 Å². The summed E-state index contributed by atoms with van der Waals surface area (Å²) in [5, 5.41) is 3.46. The zero-order valence-corrected chi connectivity index (χ0v) is 9.45. The van der Waals surface area contributed by atoms with E-state index in [1.165, 1.54) is 24.9 Å². The van der Waals surface area contributed by atoms with Gasteiger partial charge in [0, 0.05) is 19.1 Å². The number of nitrogens with zero attached hydrogens (tertiary/aromatic N) is 1. The van der Waals surface area contributed by atoms with Crippen LogP contribution in [0.1, 0.15) is 18.4 Å². The molecular weight excluding hydrogens is 184 g/mol. The van der Waals surface area contributed by atoms with Gasteiger partial charge in [-0.15, -0.1) is 0 Å². The fourth-order valence-corrected chi connectivity index (χ4v) is 2.21. The van der Waals surface area contributed by atoms with Crippen LogP contribution in [0.5, 0.6) is 0 Å². The first-order valence-corrected chi connectivity index (χ1v) is 5.81. The molecule has 1 aliphatic rings. The lowest BCUT2D eigenvalue weighted by Gasteiger charge is -2.31. The number of benzene rings is 1. The fourth-order valence-electron chi connectivity index (χ4n) is 2.21. The Hall–Kier alpha value is -0.860. The highest BCUT2D eigenvalue weighted by atomic mass is 15.2. The Morgan fingerprint density at radius 3 is 2.80 bits per heavy atom. The Labute approximate surface area is 92.3 Å². The zero-order valence-electron chi connectivity index (χ0n) is 9.45. The minimum Gasteiger partial charge on any atom is -0.315 e. The maximum atomic E-state index is 3.46. The van der Waals surface area contributed by atoms with Crippen LogP contribution in [0.25, 0.3) is 0 Å². The maximum Gasteiger partial charge on any atom is 0.0234 e. The molecule has 0 bridgehead atoms. The van der Waals surface area contributed by atoms with Crippen LogP contribution in [0.2, 0.25) is 0 Å². The van der Waals surface area contributed by atoms with Gasteiger partial charge in [-0.3, -0.25) is 4.90 Å². The lowest BCUT2D eigenvalue weighted by Crippen LogP contribution is -2.43. The van der Waals surface area contributed by atoms with Crippen LogP contribution in [0.15, 0.2) is 30.3 Å². The standard InChI is InChI=1S/C13H20N2/c1-15(13-8-5-9-14-10-13)11-12-6-3-2-4-7-12/h2-4,6-7,13-14H,5,8-11H2,1H3/t13-/m1/s1. The third-order valence-electron chi connectivity index (χ3n) is 3.17. The van der Waals surface area contributed by atoms with Gasteiger partial charge < -0.3 is 5.32 Å². The molecule has 1 aromatic carbocycles. The summed E-state index contributed by atoms with van der Waals surface area (Å²) >= 11 is 0. The minimum absolute atomic E-state index is 0.707. The number of nitrogens with one attached hydrogen (secondary N) is 1. The number of hydrogen-bond donors (Lipinski definition) is 1. The third-order valence-corrected chi connectivity index (χ3v) is 3.17. The topological polar surface area (TPSA) is 15.3 Å². The molecule has 0 spiro atoms. The smallest absolute Gasteiger partial charge is 0.0234 e. The molecule has 0 aliphatic carbocycles. The van der Waals surface area contributed by atoms with E-state index in [9.17, 15) is 0 Å². The molecule has 0 saturated carbocycles. The van der Waals surface area contributed by atoms with Gasteiger partial charge in [-0.2, -0.15) is 0 Å². The molecule has 0 aromatic heterocycles. The first-order chi connectivity index (χ1) is 7.36. The molecule has 1 fully saturated rings. The molecule has 1 aromatic rings. The van der Waals surface area contributed by atoms with E-state index in [0.29, 0.717) is 6.04 Å². The maximum absolute atomic E-state index is 3.46. The first kappa shape index (κ1) is 10.7. The summed E-state index contributed by atoms with van der Waals surface area (Å²) in [5.41, 5.74) is 1.41. The van der Waals surface area contributed by atoms with Crippen molar-refractivity contribution in [3.8, 4) is 0 Å². The van der Waals surface area contributed by atoms with E-state index in [1.807, 2.05) is 0 Å². The van der Waals surface area contributed by atoms with E-state index in [2.05, 4.69) is 47.6 Å². The minimum atomic E-state index is 0.707. The van der Waals surface area contributed by atoms with Crippen molar-refractivity contribution >= 4 is 0 Å². The van der Waals surface area contributed by atoms with Gasteiger partial charge in [0.25, 0.3) is 0 Å². The largest absolute Gasteiger partial charge is 0.315 e.